The van der Waals surface area contributed by atoms with Crippen LogP contribution in [0.25, 0.3) is 0 Å². The van der Waals surface area contributed by atoms with Gasteiger partial charge in [-0.25, -0.2) is 0 Å². The molecule has 0 aromatic carbocycles. The summed E-state index contributed by atoms with van der Waals surface area (Å²) in [5, 5.41) is 0. The summed E-state index contributed by atoms with van der Waals surface area (Å²) in [5.41, 5.74) is 13.1. The van der Waals surface area contributed by atoms with Crippen LogP contribution in [0.15, 0.2) is 35.7 Å². The van der Waals surface area contributed by atoms with Crippen molar-refractivity contribution < 1.29 is 0 Å². The van der Waals surface area contributed by atoms with Gasteiger partial charge in [0.15, 0.2) is 0 Å². The van der Waals surface area contributed by atoms with E-state index >= 15 is 0 Å². The van der Waals surface area contributed by atoms with Gasteiger partial charge in [0.1, 0.15) is 0 Å². The van der Waals surface area contributed by atoms with Crippen LogP contribution in [-0.4, -0.2) is 0 Å². The average Bonchev–Trinajstić information content (AvgIpc) is 2.05. The lowest BCUT2D eigenvalue weighted by molar-refractivity contribution is 1.02. The van der Waals surface area contributed by atoms with Gasteiger partial charge in [0.25, 0.3) is 0 Å². The predicted molar refractivity (Wildman–Crippen MR) is 42.9 cm³/mol. The van der Waals surface area contributed by atoms with E-state index in [-0.39, 0.29) is 0 Å². The van der Waals surface area contributed by atoms with Gasteiger partial charge in [0.05, 0.1) is 0 Å². The quantitative estimate of drug-likeness (QED) is 0.522. The Hall–Kier alpha value is -1.18. The molecule has 0 unspecified atom stereocenters. The lowest BCUT2D eigenvalue weighted by atomic mass is 9.98. The van der Waals surface area contributed by atoms with Crippen molar-refractivity contribution in [2.75, 3.05) is 0 Å². The van der Waals surface area contributed by atoms with Crippen LogP contribution in [0.5, 0.6) is 0 Å². The Kier molecular flexibility index (Phi) is 2.15. The zero-order chi connectivity index (χ0) is 7.40. The van der Waals surface area contributed by atoms with Crippen molar-refractivity contribution in [2.24, 2.45) is 11.5 Å². The summed E-state index contributed by atoms with van der Waals surface area (Å²) in [6.07, 6.45) is 9.26. The fourth-order valence-electron chi connectivity index (χ4n) is 0.996. The van der Waals surface area contributed by atoms with E-state index in [0.29, 0.717) is 0 Å². The highest BCUT2D eigenvalue weighted by atomic mass is 14.5. The van der Waals surface area contributed by atoms with Crippen molar-refractivity contribution in [1.82, 2.24) is 0 Å². The first-order chi connectivity index (χ1) is 4.86. The molecule has 0 saturated heterocycles. The molecule has 0 aromatic rings. The molecule has 0 heterocycles. The maximum absolute atomic E-state index is 5.36. The molecule has 2 nitrogen and oxygen atoms in total. The van der Waals surface area contributed by atoms with Crippen molar-refractivity contribution in [1.29, 1.82) is 0 Å². The molecule has 0 radical (unpaired) electrons. The smallest absolute Gasteiger partial charge is 0.00265 e. The Bertz CT molecular complexity index is 199. The van der Waals surface area contributed by atoms with E-state index in [1.54, 1.807) is 12.4 Å². The normalized spacial score (nSPS) is 26.0. The third-order valence-electron chi connectivity index (χ3n) is 1.59. The minimum absolute atomic E-state index is 0.906. The molecule has 0 spiro atoms. The molecular formula is C8H12N2. The van der Waals surface area contributed by atoms with Crippen LogP contribution < -0.4 is 11.5 Å². The van der Waals surface area contributed by atoms with E-state index in [0.717, 1.165) is 18.4 Å². The molecule has 2 heteroatoms. The van der Waals surface area contributed by atoms with E-state index < -0.39 is 0 Å². The molecule has 0 aromatic heterocycles. The molecule has 0 atom stereocenters. The molecule has 0 aliphatic heterocycles. The van der Waals surface area contributed by atoms with Gasteiger partial charge in [0, 0.05) is 0 Å². The number of hydrogen-bond donors (Lipinski definition) is 2. The monoisotopic (exact) mass is 136 g/mol. The zero-order valence-electron chi connectivity index (χ0n) is 5.88. The summed E-state index contributed by atoms with van der Waals surface area (Å²) < 4.78 is 0. The SMILES string of the molecule is N/C=C1/C=CC/C(=C\N)C1. The molecule has 4 N–H and O–H groups in total. The molecule has 1 rings (SSSR count). The Balaban J connectivity index is 2.72. The molecule has 0 saturated carbocycles. The lowest BCUT2D eigenvalue weighted by Gasteiger charge is -2.09. The van der Waals surface area contributed by atoms with E-state index in [2.05, 4.69) is 6.08 Å². The van der Waals surface area contributed by atoms with Gasteiger partial charge in [-0.3, -0.25) is 0 Å². The Morgan fingerprint density at radius 1 is 1.30 bits per heavy atom. The van der Waals surface area contributed by atoms with Gasteiger partial charge in [-0.2, -0.15) is 0 Å². The first kappa shape index (κ1) is 6.93. The highest BCUT2D eigenvalue weighted by molar-refractivity contribution is 5.30. The molecular weight excluding hydrogens is 124 g/mol. The summed E-state index contributed by atoms with van der Waals surface area (Å²) >= 11 is 0. The van der Waals surface area contributed by atoms with Crippen LogP contribution in [0.4, 0.5) is 0 Å². The third kappa shape index (κ3) is 1.41. The zero-order valence-corrected chi connectivity index (χ0v) is 5.88. The van der Waals surface area contributed by atoms with Crippen molar-refractivity contribution >= 4 is 0 Å². The minimum atomic E-state index is 0.906. The standard InChI is InChI=1S/C8H12N2/c9-5-7-2-1-3-8(4-7)6-10/h1-2,5-6H,3-4,9-10H2/b7-5-,8-6+. The number of hydrogen-bond acceptors (Lipinski definition) is 2. The summed E-state index contributed by atoms with van der Waals surface area (Å²) in [6.45, 7) is 0. The van der Waals surface area contributed by atoms with Crippen LogP contribution >= 0.6 is 0 Å². The Labute approximate surface area is 60.9 Å². The first-order valence-corrected chi connectivity index (χ1v) is 3.33. The van der Waals surface area contributed by atoms with Crippen molar-refractivity contribution in [3.05, 3.63) is 35.7 Å². The summed E-state index contributed by atoms with van der Waals surface area (Å²) in [6, 6.07) is 0. The van der Waals surface area contributed by atoms with Crippen molar-refractivity contribution in [3.8, 4) is 0 Å². The fraction of sp³-hybridized carbons (Fsp3) is 0.250. The third-order valence-corrected chi connectivity index (χ3v) is 1.59. The second-order valence-corrected chi connectivity index (χ2v) is 2.35. The van der Waals surface area contributed by atoms with Crippen LogP contribution in [0, 0.1) is 0 Å². The average molecular weight is 136 g/mol. The van der Waals surface area contributed by atoms with Gasteiger partial charge >= 0.3 is 0 Å². The van der Waals surface area contributed by atoms with Gasteiger partial charge in [-0.1, -0.05) is 12.2 Å². The highest BCUT2D eigenvalue weighted by Gasteiger charge is 2.02. The molecule has 0 bridgehead atoms. The highest BCUT2D eigenvalue weighted by Crippen LogP contribution is 2.19. The van der Waals surface area contributed by atoms with Gasteiger partial charge in [-0.05, 0) is 36.4 Å². The summed E-state index contributed by atoms with van der Waals surface area (Å²) in [4.78, 5) is 0. The summed E-state index contributed by atoms with van der Waals surface area (Å²) in [5.74, 6) is 0. The van der Waals surface area contributed by atoms with E-state index in [1.807, 2.05) is 6.08 Å². The molecule has 10 heavy (non-hydrogen) atoms. The van der Waals surface area contributed by atoms with E-state index in [9.17, 15) is 0 Å². The predicted octanol–water partition coefficient (Wildman–Crippen LogP) is 1.02. The maximum atomic E-state index is 5.36. The van der Waals surface area contributed by atoms with Crippen molar-refractivity contribution in [3.63, 3.8) is 0 Å². The first-order valence-electron chi connectivity index (χ1n) is 3.33. The molecule has 0 amide bonds. The summed E-state index contributed by atoms with van der Waals surface area (Å²) in [7, 11) is 0. The maximum Gasteiger partial charge on any atom is -0.00265 e. The van der Waals surface area contributed by atoms with Crippen molar-refractivity contribution in [2.45, 2.75) is 12.8 Å². The van der Waals surface area contributed by atoms with Gasteiger partial charge < -0.3 is 11.5 Å². The van der Waals surface area contributed by atoms with Gasteiger partial charge in [0.2, 0.25) is 0 Å². The minimum Gasteiger partial charge on any atom is -0.405 e. The molecule has 1 aliphatic rings. The number of rotatable bonds is 0. The second kappa shape index (κ2) is 3.11. The van der Waals surface area contributed by atoms with Gasteiger partial charge in [-0.15, -0.1) is 0 Å². The largest absolute Gasteiger partial charge is 0.405 e. The van der Waals surface area contributed by atoms with E-state index in [4.69, 9.17) is 11.5 Å². The number of nitrogens with two attached hydrogens (primary N) is 2. The second-order valence-electron chi connectivity index (χ2n) is 2.35. The molecule has 1 aliphatic carbocycles. The topological polar surface area (TPSA) is 52.0 Å². The van der Waals surface area contributed by atoms with Crippen LogP contribution in [0.1, 0.15) is 12.8 Å². The number of allylic oxidation sites excluding steroid dienone is 4. The van der Waals surface area contributed by atoms with Crippen LogP contribution in [0.3, 0.4) is 0 Å². The van der Waals surface area contributed by atoms with E-state index in [1.165, 1.54) is 5.57 Å². The lowest BCUT2D eigenvalue weighted by Crippen LogP contribution is -1.97. The van der Waals surface area contributed by atoms with Crippen LogP contribution in [0.2, 0.25) is 0 Å². The molecule has 54 valence electrons. The Morgan fingerprint density at radius 2 is 2.10 bits per heavy atom. The fourth-order valence-corrected chi connectivity index (χ4v) is 0.996. The van der Waals surface area contributed by atoms with Crippen LogP contribution in [-0.2, 0) is 0 Å². The Morgan fingerprint density at radius 3 is 2.70 bits per heavy atom. The molecule has 0 fully saturated rings.